The first-order valence-corrected chi connectivity index (χ1v) is 5.75. The summed E-state index contributed by atoms with van der Waals surface area (Å²) in [5.74, 6) is 0. The SMILES string of the molecule is CCC1(N2CCNC(C)CC2)CC1. The number of rotatable bonds is 2. The van der Waals surface area contributed by atoms with Crippen molar-refractivity contribution in [2.45, 2.75) is 51.1 Å². The van der Waals surface area contributed by atoms with Gasteiger partial charge < -0.3 is 5.32 Å². The molecule has 1 saturated heterocycles. The van der Waals surface area contributed by atoms with Crippen molar-refractivity contribution in [1.29, 1.82) is 0 Å². The standard InChI is InChI=1S/C11H22N2/c1-3-11(5-6-11)13-8-4-10(2)12-7-9-13/h10,12H,3-9H2,1-2H3. The minimum Gasteiger partial charge on any atom is -0.313 e. The summed E-state index contributed by atoms with van der Waals surface area (Å²) in [6.07, 6.45) is 5.55. The number of nitrogens with zero attached hydrogens (tertiary/aromatic N) is 1. The highest BCUT2D eigenvalue weighted by atomic mass is 15.2. The highest BCUT2D eigenvalue weighted by Gasteiger charge is 2.45. The maximum absolute atomic E-state index is 3.56. The Morgan fingerprint density at radius 3 is 2.77 bits per heavy atom. The monoisotopic (exact) mass is 182 g/mol. The summed E-state index contributed by atoms with van der Waals surface area (Å²) < 4.78 is 0. The Bertz CT molecular complexity index is 175. The van der Waals surface area contributed by atoms with Crippen LogP contribution in [0.1, 0.15) is 39.5 Å². The van der Waals surface area contributed by atoms with Crippen molar-refractivity contribution in [3.63, 3.8) is 0 Å². The van der Waals surface area contributed by atoms with E-state index in [2.05, 4.69) is 24.1 Å². The fourth-order valence-corrected chi connectivity index (χ4v) is 2.52. The van der Waals surface area contributed by atoms with E-state index in [0.29, 0.717) is 5.54 Å². The van der Waals surface area contributed by atoms with Crippen LogP contribution >= 0.6 is 0 Å². The van der Waals surface area contributed by atoms with Crippen LogP contribution in [0.25, 0.3) is 0 Å². The number of hydrogen-bond donors (Lipinski definition) is 1. The topological polar surface area (TPSA) is 15.3 Å². The predicted octanol–water partition coefficient (Wildman–Crippen LogP) is 1.61. The molecule has 0 aromatic carbocycles. The second-order valence-corrected chi connectivity index (χ2v) is 4.71. The van der Waals surface area contributed by atoms with Gasteiger partial charge in [0.15, 0.2) is 0 Å². The highest BCUT2D eigenvalue weighted by molar-refractivity contribution is 5.03. The van der Waals surface area contributed by atoms with Crippen molar-refractivity contribution in [2.24, 2.45) is 0 Å². The Balaban J connectivity index is 1.92. The molecule has 1 atom stereocenters. The molecule has 0 bridgehead atoms. The molecule has 0 aromatic rings. The Labute approximate surface area is 81.7 Å². The zero-order valence-corrected chi connectivity index (χ0v) is 8.97. The summed E-state index contributed by atoms with van der Waals surface area (Å²) in [7, 11) is 0. The lowest BCUT2D eigenvalue weighted by Gasteiger charge is -2.29. The van der Waals surface area contributed by atoms with Crippen LogP contribution in [0.3, 0.4) is 0 Å². The smallest absolute Gasteiger partial charge is 0.0208 e. The fraction of sp³-hybridized carbons (Fsp3) is 1.00. The van der Waals surface area contributed by atoms with Crippen molar-refractivity contribution in [1.82, 2.24) is 10.2 Å². The van der Waals surface area contributed by atoms with Gasteiger partial charge in [0, 0.05) is 31.2 Å². The average Bonchev–Trinajstić information content (AvgIpc) is 2.89. The van der Waals surface area contributed by atoms with Crippen molar-refractivity contribution in [3.05, 3.63) is 0 Å². The molecule has 13 heavy (non-hydrogen) atoms. The van der Waals surface area contributed by atoms with Crippen LogP contribution < -0.4 is 5.32 Å². The minimum absolute atomic E-state index is 0.631. The van der Waals surface area contributed by atoms with E-state index >= 15 is 0 Å². The lowest BCUT2D eigenvalue weighted by Crippen LogP contribution is -2.39. The van der Waals surface area contributed by atoms with Gasteiger partial charge in [0.2, 0.25) is 0 Å². The van der Waals surface area contributed by atoms with E-state index in [9.17, 15) is 0 Å². The second-order valence-electron chi connectivity index (χ2n) is 4.71. The van der Waals surface area contributed by atoms with E-state index in [4.69, 9.17) is 0 Å². The van der Waals surface area contributed by atoms with Crippen LogP contribution in [0.5, 0.6) is 0 Å². The molecule has 1 aliphatic heterocycles. The van der Waals surface area contributed by atoms with Crippen LogP contribution in [0, 0.1) is 0 Å². The minimum atomic E-state index is 0.631. The molecule has 2 aliphatic rings. The molecule has 76 valence electrons. The zero-order chi connectivity index (χ0) is 9.31. The quantitative estimate of drug-likeness (QED) is 0.698. The summed E-state index contributed by atoms with van der Waals surface area (Å²) in [5.41, 5.74) is 0.631. The van der Waals surface area contributed by atoms with Crippen LogP contribution in [0.4, 0.5) is 0 Å². The zero-order valence-electron chi connectivity index (χ0n) is 8.97. The van der Waals surface area contributed by atoms with Crippen LogP contribution in [0.2, 0.25) is 0 Å². The van der Waals surface area contributed by atoms with E-state index in [0.717, 1.165) is 6.04 Å². The van der Waals surface area contributed by atoms with E-state index in [-0.39, 0.29) is 0 Å². The first-order chi connectivity index (χ1) is 6.27. The molecule has 1 unspecified atom stereocenters. The van der Waals surface area contributed by atoms with Gasteiger partial charge in [-0.25, -0.2) is 0 Å². The lowest BCUT2D eigenvalue weighted by molar-refractivity contribution is 0.182. The Hall–Kier alpha value is -0.0800. The van der Waals surface area contributed by atoms with Crippen molar-refractivity contribution < 1.29 is 0 Å². The van der Waals surface area contributed by atoms with Gasteiger partial charge in [-0.2, -0.15) is 0 Å². The Morgan fingerprint density at radius 2 is 2.15 bits per heavy atom. The summed E-state index contributed by atoms with van der Waals surface area (Å²) in [6, 6.07) is 0.720. The maximum Gasteiger partial charge on any atom is 0.0208 e. The predicted molar refractivity (Wildman–Crippen MR) is 55.9 cm³/mol. The van der Waals surface area contributed by atoms with E-state index in [1.807, 2.05) is 0 Å². The molecule has 1 aliphatic carbocycles. The fourth-order valence-electron chi connectivity index (χ4n) is 2.52. The molecule has 0 spiro atoms. The molecular weight excluding hydrogens is 160 g/mol. The van der Waals surface area contributed by atoms with Gasteiger partial charge in [-0.05, 0) is 32.6 Å². The average molecular weight is 182 g/mol. The molecular formula is C11H22N2. The molecule has 1 saturated carbocycles. The molecule has 2 heteroatoms. The number of hydrogen-bond acceptors (Lipinski definition) is 2. The van der Waals surface area contributed by atoms with Gasteiger partial charge in [-0.3, -0.25) is 4.90 Å². The lowest BCUT2D eigenvalue weighted by atomic mass is 10.1. The molecule has 1 N–H and O–H groups in total. The third kappa shape index (κ3) is 1.89. The van der Waals surface area contributed by atoms with Crippen LogP contribution in [0.15, 0.2) is 0 Å². The first-order valence-electron chi connectivity index (χ1n) is 5.75. The van der Waals surface area contributed by atoms with E-state index in [1.54, 1.807) is 0 Å². The van der Waals surface area contributed by atoms with E-state index < -0.39 is 0 Å². The van der Waals surface area contributed by atoms with Gasteiger partial charge in [-0.15, -0.1) is 0 Å². The summed E-state index contributed by atoms with van der Waals surface area (Å²) in [5, 5.41) is 3.56. The summed E-state index contributed by atoms with van der Waals surface area (Å²) in [6.45, 7) is 8.40. The van der Waals surface area contributed by atoms with Crippen LogP contribution in [-0.2, 0) is 0 Å². The van der Waals surface area contributed by atoms with Crippen molar-refractivity contribution in [2.75, 3.05) is 19.6 Å². The second kappa shape index (κ2) is 3.58. The number of nitrogens with one attached hydrogen (secondary N) is 1. The van der Waals surface area contributed by atoms with Gasteiger partial charge in [0.05, 0.1) is 0 Å². The highest BCUT2D eigenvalue weighted by Crippen LogP contribution is 2.44. The third-order valence-corrected chi connectivity index (χ3v) is 3.86. The van der Waals surface area contributed by atoms with Gasteiger partial charge >= 0.3 is 0 Å². The molecule has 1 heterocycles. The van der Waals surface area contributed by atoms with E-state index in [1.165, 1.54) is 45.3 Å². The van der Waals surface area contributed by atoms with Crippen LogP contribution in [-0.4, -0.2) is 36.1 Å². The molecule has 2 rings (SSSR count). The molecule has 0 aromatic heterocycles. The third-order valence-electron chi connectivity index (χ3n) is 3.86. The molecule has 2 fully saturated rings. The first kappa shape index (κ1) is 9.47. The normalized spacial score (nSPS) is 34.2. The largest absolute Gasteiger partial charge is 0.313 e. The van der Waals surface area contributed by atoms with Crippen molar-refractivity contribution in [3.8, 4) is 0 Å². The molecule has 2 nitrogen and oxygen atoms in total. The summed E-state index contributed by atoms with van der Waals surface area (Å²) >= 11 is 0. The Kier molecular flexibility index (Phi) is 2.61. The molecule has 0 radical (unpaired) electrons. The Morgan fingerprint density at radius 1 is 1.38 bits per heavy atom. The van der Waals surface area contributed by atoms with Crippen molar-refractivity contribution >= 4 is 0 Å². The summed E-state index contributed by atoms with van der Waals surface area (Å²) in [4.78, 5) is 2.73. The van der Waals surface area contributed by atoms with Gasteiger partial charge in [-0.1, -0.05) is 6.92 Å². The molecule has 0 amide bonds. The van der Waals surface area contributed by atoms with Gasteiger partial charge in [0.1, 0.15) is 0 Å². The van der Waals surface area contributed by atoms with Gasteiger partial charge in [0.25, 0.3) is 0 Å². The maximum atomic E-state index is 3.56.